The zero-order valence-corrected chi connectivity index (χ0v) is 17.4. The molecule has 31 heavy (non-hydrogen) atoms. The predicted octanol–water partition coefficient (Wildman–Crippen LogP) is 2.23. The average Bonchev–Trinajstić information content (AvgIpc) is 3.21. The number of likely N-dealkylation sites (tertiary alicyclic amines) is 1. The molecule has 3 aromatic rings. The molecule has 0 spiro atoms. The largest absolute Gasteiger partial charge is 0.496 e. The van der Waals surface area contributed by atoms with Gasteiger partial charge in [0.05, 0.1) is 29.6 Å². The van der Waals surface area contributed by atoms with E-state index in [1.807, 2.05) is 12.1 Å². The van der Waals surface area contributed by atoms with E-state index in [2.05, 4.69) is 22.0 Å². The standard InChI is InChI=1S/C24H24N4O3/c1-31-22-4-2-3-17-18(22)8-6-16-13-27(14-20(16)17)9-10-28-23(29)19-7-5-15(12-25)11-21(19)26-24(28)30/h2-5,7,11,16,20H,6,8-10,13-14H2,1H3,(H,26,30)/t16-,20+/m0/s1. The monoisotopic (exact) mass is 416 g/mol. The second kappa shape index (κ2) is 7.71. The Kier molecular flexibility index (Phi) is 4.87. The highest BCUT2D eigenvalue weighted by molar-refractivity contribution is 5.78. The van der Waals surface area contributed by atoms with E-state index in [1.54, 1.807) is 25.3 Å². The van der Waals surface area contributed by atoms with Crippen LogP contribution < -0.4 is 16.0 Å². The Morgan fingerprint density at radius 3 is 2.87 bits per heavy atom. The number of benzene rings is 2. The van der Waals surface area contributed by atoms with Crippen LogP contribution in [0.15, 0.2) is 46.0 Å². The minimum absolute atomic E-state index is 0.310. The van der Waals surface area contributed by atoms with Crippen LogP contribution in [0.25, 0.3) is 10.9 Å². The lowest BCUT2D eigenvalue weighted by Crippen LogP contribution is -2.38. The summed E-state index contributed by atoms with van der Waals surface area (Å²) in [6.45, 7) is 2.90. The normalized spacial score (nSPS) is 20.3. The maximum Gasteiger partial charge on any atom is 0.328 e. The molecule has 2 atom stereocenters. The summed E-state index contributed by atoms with van der Waals surface area (Å²) >= 11 is 0. The summed E-state index contributed by atoms with van der Waals surface area (Å²) in [5.41, 5.74) is 2.79. The third-order valence-electron chi connectivity index (χ3n) is 6.82. The average molecular weight is 416 g/mol. The van der Waals surface area contributed by atoms with Gasteiger partial charge in [-0.3, -0.25) is 9.36 Å². The van der Waals surface area contributed by atoms with E-state index in [1.165, 1.54) is 15.7 Å². The number of aromatic nitrogens is 2. The first-order chi connectivity index (χ1) is 15.1. The SMILES string of the molecule is COc1cccc2c1CC[C@H]1CN(CCn3c(=O)[nH]c4cc(C#N)ccc4c3=O)C[C@@H]21. The molecular formula is C24H24N4O3. The number of rotatable bonds is 4. The zero-order valence-electron chi connectivity index (χ0n) is 17.4. The lowest BCUT2D eigenvalue weighted by atomic mass is 9.77. The van der Waals surface area contributed by atoms with E-state index >= 15 is 0 Å². The van der Waals surface area contributed by atoms with Gasteiger partial charge >= 0.3 is 5.69 Å². The van der Waals surface area contributed by atoms with Crippen LogP contribution in [0.4, 0.5) is 0 Å². The van der Waals surface area contributed by atoms with Crippen LogP contribution >= 0.6 is 0 Å². The Balaban J connectivity index is 1.36. The number of methoxy groups -OCH3 is 1. The Hall–Kier alpha value is -3.37. The molecule has 7 heteroatoms. The summed E-state index contributed by atoms with van der Waals surface area (Å²) in [5.74, 6) is 2.04. The smallest absolute Gasteiger partial charge is 0.328 e. The van der Waals surface area contributed by atoms with Crippen LogP contribution in [0.2, 0.25) is 0 Å². The van der Waals surface area contributed by atoms with Crippen molar-refractivity contribution in [1.82, 2.24) is 14.5 Å². The Labute approximate surface area is 179 Å². The van der Waals surface area contributed by atoms with Crippen molar-refractivity contribution < 1.29 is 4.74 Å². The molecule has 0 radical (unpaired) electrons. The van der Waals surface area contributed by atoms with Gasteiger partial charge in [-0.05, 0) is 54.2 Å². The summed E-state index contributed by atoms with van der Waals surface area (Å²) in [4.78, 5) is 30.5. The van der Waals surface area contributed by atoms with Crippen molar-refractivity contribution in [2.75, 3.05) is 26.7 Å². The lowest BCUT2D eigenvalue weighted by molar-refractivity contribution is 0.303. The molecule has 0 unspecified atom stereocenters. The molecule has 0 saturated carbocycles. The molecule has 1 fully saturated rings. The second-order valence-electron chi connectivity index (χ2n) is 8.45. The van der Waals surface area contributed by atoms with E-state index in [-0.39, 0.29) is 5.56 Å². The van der Waals surface area contributed by atoms with E-state index < -0.39 is 5.69 Å². The minimum Gasteiger partial charge on any atom is -0.496 e. The third-order valence-corrected chi connectivity index (χ3v) is 6.82. The molecule has 1 aromatic heterocycles. The molecule has 5 rings (SSSR count). The number of hydrogen-bond donors (Lipinski definition) is 1. The first kappa shape index (κ1) is 19.6. The van der Waals surface area contributed by atoms with E-state index in [9.17, 15) is 9.59 Å². The quantitative estimate of drug-likeness (QED) is 0.704. The summed E-state index contributed by atoms with van der Waals surface area (Å²) in [6, 6.07) is 13.1. The second-order valence-corrected chi connectivity index (χ2v) is 8.45. The molecule has 0 bridgehead atoms. The molecule has 1 N–H and O–H groups in total. The number of aromatic amines is 1. The molecule has 0 amide bonds. The zero-order chi connectivity index (χ0) is 21.5. The fourth-order valence-electron chi connectivity index (χ4n) is 5.28. The molecule has 1 saturated heterocycles. The number of ether oxygens (including phenoxy) is 1. The summed E-state index contributed by atoms with van der Waals surface area (Å²) in [6.07, 6.45) is 2.16. The number of fused-ring (bicyclic) bond motifs is 4. The minimum atomic E-state index is -0.431. The van der Waals surface area contributed by atoms with Crippen LogP contribution in [-0.2, 0) is 13.0 Å². The van der Waals surface area contributed by atoms with E-state index in [4.69, 9.17) is 10.00 Å². The summed E-state index contributed by atoms with van der Waals surface area (Å²) < 4.78 is 6.83. The predicted molar refractivity (Wildman–Crippen MR) is 118 cm³/mol. The van der Waals surface area contributed by atoms with Gasteiger partial charge in [-0.25, -0.2) is 4.79 Å². The molecule has 7 nitrogen and oxygen atoms in total. The van der Waals surface area contributed by atoms with Gasteiger partial charge < -0.3 is 14.6 Å². The maximum atomic E-state index is 12.9. The number of nitrogens with one attached hydrogen (secondary N) is 1. The number of nitrogens with zero attached hydrogens (tertiary/aromatic N) is 3. The number of H-pyrrole nitrogens is 1. The van der Waals surface area contributed by atoms with Crippen molar-refractivity contribution in [2.24, 2.45) is 5.92 Å². The van der Waals surface area contributed by atoms with Crippen LogP contribution in [0, 0.1) is 17.2 Å². The van der Waals surface area contributed by atoms with Gasteiger partial charge in [0.2, 0.25) is 0 Å². The molecule has 2 aliphatic rings. The van der Waals surface area contributed by atoms with E-state index in [0.717, 1.165) is 31.7 Å². The van der Waals surface area contributed by atoms with Crippen molar-refractivity contribution >= 4 is 10.9 Å². The molecular weight excluding hydrogens is 392 g/mol. The Morgan fingerprint density at radius 2 is 2.06 bits per heavy atom. The summed E-state index contributed by atoms with van der Waals surface area (Å²) in [7, 11) is 1.72. The van der Waals surface area contributed by atoms with Crippen molar-refractivity contribution in [1.29, 1.82) is 5.26 Å². The van der Waals surface area contributed by atoms with Crippen LogP contribution in [-0.4, -0.2) is 41.2 Å². The summed E-state index contributed by atoms with van der Waals surface area (Å²) in [5, 5.41) is 9.46. The maximum absolute atomic E-state index is 12.9. The highest BCUT2D eigenvalue weighted by Gasteiger charge is 2.38. The topological polar surface area (TPSA) is 91.1 Å². The van der Waals surface area contributed by atoms with Crippen molar-refractivity contribution in [3.63, 3.8) is 0 Å². The molecule has 1 aliphatic carbocycles. The third kappa shape index (κ3) is 3.33. The fourth-order valence-corrected chi connectivity index (χ4v) is 5.28. The van der Waals surface area contributed by atoms with Crippen LogP contribution in [0.3, 0.4) is 0 Å². The molecule has 2 aromatic carbocycles. The van der Waals surface area contributed by atoms with Gasteiger partial charge in [-0.2, -0.15) is 5.26 Å². The Morgan fingerprint density at radius 1 is 1.19 bits per heavy atom. The molecule has 1 aliphatic heterocycles. The van der Waals surface area contributed by atoms with Gasteiger partial charge in [0.25, 0.3) is 5.56 Å². The van der Waals surface area contributed by atoms with Gasteiger partial charge in [0.15, 0.2) is 0 Å². The van der Waals surface area contributed by atoms with E-state index in [0.29, 0.717) is 41.4 Å². The first-order valence-corrected chi connectivity index (χ1v) is 10.6. The number of hydrogen-bond acceptors (Lipinski definition) is 5. The number of nitriles is 1. The highest BCUT2D eigenvalue weighted by Crippen LogP contribution is 2.43. The molecule has 158 valence electrons. The van der Waals surface area contributed by atoms with Crippen molar-refractivity contribution in [3.8, 4) is 11.8 Å². The Bertz CT molecular complexity index is 1320. The van der Waals surface area contributed by atoms with Crippen molar-refractivity contribution in [3.05, 3.63) is 73.9 Å². The van der Waals surface area contributed by atoms with Gasteiger partial charge in [0, 0.05) is 32.1 Å². The lowest BCUT2D eigenvalue weighted by Gasteiger charge is -2.28. The van der Waals surface area contributed by atoms with Gasteiger partial charge in [0.1, 0.15) is 5.75 Å². The van der Waals surface area contributed by atoms with Crippen LogP contribution in [0.1, 0.15) is 29.0 Å². The molecule has 2 heterocycles. The fraction of sp³-hybridized carbons (Fsp3) is 0.375. The van der Waals surface area contributed by atoms with Crippen molar-refractivity contribution in [2.45, 2.75) is 25.3 Å². The highest BCUT2D eigenvalue weighted by atomic mass is 16.5. The van der Waals surface area contributed by atoms with Gasteiger partial charge in [-0.1, -0.05) is 12.1 Å². The first-order valence-electron chi connectivity index (χ1n) is 10.6. The van der Waals surface area contributed by atoms with Crippen LogP contribution in [0.5, 0.6) is 5.75 Å². The van der Waals surface area contributed by atoms with Gasteiger partial charge in [-0.15, -0.1) is 0 Å².